The minimum absolute atomic E-state index is 0.0856. The molecule has 7 heteroatoms. The van der Waals surface area contributed by atoms with E-state index in [0.717, 1.165) is 27.1 Å². The van der Waals surface area contributed by atoms with Crippen LogP contribution in [0.4, 0.5) is 11.4 Å². The second-order valence-corrected chi connectivity index (χ2v) is 6.31. The van der Waals surface area contributed by atoms with Crippen LogP contribution in [0.5, 0.6) is 0 Å². The van der Waals surface area contributed by atoms with E-state index in [1.807, 2.05) is 36.4 Å². The van der Waals surface area contributed by atoms with Gasteiger partial charge in [0.15, 0.2) is 5.52 Å². The summed E-state index contributed by atoms with van der Waals surface area (Å²) >= 11 is 0. The zero-order valence-electron chi connectivity index (χ0n) is 14.4. The first-order valence-corrected chi connectivity index (χ1v) is 8.56. The smallest absolute Gasteiger partial charge is 0.258 e. The van der Waals surface area contributed by atoms with Gasteiger partial charge in [-0.05, 0) is 44.0 Å². The molecule has 0 aliphatic heterocycles. The fraction of sp³-hybridized carbons (Fsp3) is 0. The van der Waals surface area contributed by atoms with Crippen molar-refractivity contribution < 1.29 is 9.55 Å². The van der Waals surface area contributed by atoms with Crippen LogP contribution < -0.4 is 0 Å². The molecule has 0 fully saturated rings. The van der Waals surface area contributed by atoms with Crippen LogP contribution in [0.15, 0.2) is 76.4 Å². The summed E-state index contributed by atoms with van der Waals surface area (Å²) in [4.78, 5) is 15.2. The zero-order valence-corrected chi connectivity index (χ0v) is 14.4. The number of hydrogen-bond acceptors (Lipinski definition) is 6. The zero-order chi connectivity index (χ0) is 19.1. The van der Waals surface area contributed by atoms with Crippen LogP contribution in [0.25, 0.3) is 32.6 Å². The van der Waals surface area contributed by atoms with Gasteiger partial charge in [0.05, 0.1) is 10.6 Å². The lowest BCUT2D eigenvalue weighted by Crippen LogP contribution is -1.90. The average molecular weight is 368 g/mol. The first-order valence-electron chi connectivity index (χ1n) is 8.56. The number of fused-ring (bicyclic) bond motifs is 3. The van der Waals surface area contributed by atoms with Gasteiger partial charge in [-0.15, -0.1) is 0 Å². The first kappa shape index (κ1) is 16.1. The van der Waals surface area contributed by atoms with Crippen molar-refractivity contribution in [1.82, 2.24) is 10.3 Å². The van der Waals surface area contributed by atoms with Crippen LogP contribution in [0.2, 0.25) is 0 Å². The molecule has 0 unspecified atom stereocenters. The highest BCUT2D eigenvalue weighted by molar-refractivity contribution is 6.14. The Morgan fingerprint density at radius 1 is 0.893 bits per heavy atom. The van der Waals surface area contributed by atoms with Gasteiger partial charge < -0.3 is 0 Å². The summed E-state index contributed by atoms with van der Waals surface area (Å²) < 4.78 is 4.71. The Morgan fingerprint density at radius 2 is 1.54 bits per heavy atom. The van der Waals surface area contributed by atoms with Crippen LogP contribution in [0.3, 0.4) is 0 Å². The van der Waals surface area contributed by atoms with Gasteiger partial charge in [-0.1, -0.05) is 48.5 Å². The highest BCUT2D eigenvalue weighted by atomic mass is 16.6. The number of non-ortho nitro benzene ring substituents is 1. The van der Waals surface area contributed by atoms with Crippen LogP contribution in [0.1, 0.15) is 5.56 Å². The molecule has 0 amide bonds. The third-order valence-corrected chi connectivity index (χ3v) is 4.72. The van der Waals surface area contributed by atoms with Crippen molar-refractivity contribution in [3.05, 3.63) is 82.4 Å². The van der Waals surface area contributed by atoms with Crippen molar-refractivity contribution in [2.24, 2.45) is 4.99 Å². The SMILES string of the molecule is O=[N+]([O-])c1ccc(N=Cc2c3ccccc3cc3ccccc23)c2nonc12. The van der Waals surface area contributed by atoms with E-state index in [1.54, 1.807) is 12.3 Å². The van der Waals surface area contributed by atoms with Gasteiger partial charge in [0.2, 0.25) is 5.52 Å². The molecule has 5 aromatic rings. The van der Waals surface area contributed by atoms with Crippen LogP contribution in [-0.4, -0.2) is 21.5 Å². The second-order valence-electron chi connectivity index (χ2n) is 6.31. The molecule has 4 aromatic carbocycles. The minimum Gasteiger partial charge on any atom is -0.258 e. The number of rotatable bonds is 3. The van der Waals surface area contributed by atoms with Crippen LogP contribution in [-0.2, 0) is 0 Å². The second kappa shape index (κ2) is 6.24. The molecule has 5 rings (SSSR count). The number of hydrogen-bond donors (Lipinski definition) is 0. The number of nitrogens with zero attached hydrogens (tertiary/aromatic N) is 4. The van der Waals surface area contributed by atoms with Crippen LogP contribution >= 0.6 is 0 Å². The Balaban J connectivity index is 1.73. The standard InChI is InChI=1S/C21H12N4O3/c26-25(27)19-10-9-18(20-21(19)24-28-23-20)22-12-17-15-7-3-1-5-13(15)11-14-6-2-4-8-16(14)17/h1-12H. The quantitative estimate of drug-likeness (QED) is 0.189. The van der Waals surface area contributed by atoms with E-state index in [-0.39, 0.29) is 16.7 Å². The highest BCUT2D eigenvalue weighted by Crippen LogP contribution is 2.32. The Bertz CT molecular complexity index is 1350. The average Bonchev–Trinajstić information content (AvgIpc) is 3.21. The Morgan fingerprint density at radius 3 is 2.21 bits per heavy atom. The molecular weight excluding hydrogens is 356 g/mol. The number of aliphatic imine (C=N–C) groups is 1. The molecule has 0 N–H and O–H groups in total. The molecule has 0 aliphatic rings. The normalized spacial score (nSPS) is 11.7. The molecule has 1 aromatic heterocycles. The van der Waals surface area contributed by atoms with Crippen molar-refractivity contribution >= 4 is 50.2 Å². The lowest BCUT2D eigenvalue weighted by atomic mass is 9.97. The molecular formula is C21H12N4O3. The molecule has 1 heterocycles. The fourth-order valence-electron chi connectivity index (χ4n) is 3.41. The molecule has 28 heavy (non-hydrogen) atoms. The van der Waals surface area contributed by atoms with E-state index in [4.69, 9.17) is 4.63 Å². The van der Waals surface area contributed by atoms with Crippen LogP contribution in [0, 0.1) is 10.1 Å². The molecule has 134 valence electrons. The van der Waals surface area contributed by atoms with Crippen molar-refractivity contribution in [2.75, 3.05) is 0 Å². The monoisotopic (exact) mass is 368 g/mol. The van der Waals surface area contributed by atoms with Gasteiger partial charge in [0.25, 0.3) is 0 Å². The van der Waals surface area contributed by atoms with Gasteiger partial charge in [-0.25, -0.2) is 4.63 Å². The van der Waals surface area contributed by atoms with E-state index in [1.165, 1.54) is 6.07 Å². The molecule has 0 atom stereocenters. The lowest BCUT2D eigenvalue weighted by Gasteiger charge is -2.07. The Kier molecular flexibility index (Phi) is 3.58. The molecule has 7 nitrogen and oxygen atoms in total. The predicted octanol–water partition coefficient (Wildman–Crippen LogP) is 5.19. The minimum atomic E-state index is -0.516. The predicted molar refractivity (Wildman–Crippen MR) is 107 cm³/mol. The van der Waals surface area contributed by atoms with E-state index >= 15 is 0 Å². The summed E-state index contributed by atoms with van der Waals surface area (Å²) in [6.07, 6.45) is 1.76. The largest absolute Gasteiger partial charge is 0.300 e. The summed E-state index contributed by atoms with van der Waals surface area (Å²) in [5, 5.41) is 23.0. The third kappa shape index (κ3) is 2.49. The van der Waals surface area contributed by atoms with Gasteiger partial charge in [-0.2, -0.15) is 0 Å². The van der Waals surface area contributed by atoms with E-state index in [9.17, 15) is 10.1 Å². The maximum Gasteiger partial charge on any atom is 0.300 e. The maximum atomic E-state index is 11.2. The summed E-state index contributed by atoms with van der Waals surface area (Å²) in [6.45, 7) is 0. The molecule has 0 bridgehead atoms. The Labute approximate surface area is 158 Å². The molecule has 0 radical (unpaired) electrons. The molecule has 0 saturated carbocycles. The topological polar surface area (TPSA) is 94.4 Å². The summed E-state index contributed by atoms with van der Waals surface area (Å²) in [5.41, 5.74) is 1.61. The fourth-order valence-corrected chi connectivity index (χ4v) is 3.41. The van der Waals surface area contributed by atoms with Crippen molar-refractivity contribution in [1.29, 1.82) is 0 Å². The Hall–Kier alpha value is -4.13. The van der Waals surface area contributed by atoms with Crippen molar-refractivity contribution in [3.8, 4) is 0 Å². The maximum absolute atomic E-state index is 11.2. The number of nitro groups is 1. The third-order valence-electron chi connectivity index (χ3n) is 4.72. The lowest BCUT2D eigenvalue weighted by molar-refractivity contribution is -0.383. The summed E-state index contributed by atoms with van der Waals surface area (Å²) in [6, 6.07) is 21.2. The molecule has 0 saturated heterocycles. The van der Waals surface area contributed by atoms with Gasteiger partial charge in [-0.3, -0.25) is 15.1 Å². The van der Waals surface area contributed by atoms with Gasteiger partial charge in [0, 0.05) is 17.8 Å². The number of benzene rings is 4. The van der Waals surface area contributed by atoms with E-state index < -0.39 is 4.92 Å². The summed E-state index contributed by atoms with van der Waals surface area (Å²) in [7, 11) is 0. The van der Waals surface area contributed by atoms with Gasteiger partial charge >= 0.3 is 5.69 Å². The molecule has 0 spiro atoms. The summed E-state index contributed by atoms with van der Waals surface area (Å²) in [5.74, 6) is 0. The van der Waals surface area contributed by atoms with Gasteiger partial charge in [0.1, 0.15) is 0 Å². The molecule has 0 aliphatic carbocycles. The van der Waals surface area contributed by atoms with Crippen molar-refractivity contribution in [3.63, 3.8) is 0 Å². The van der Waals surface area contributed by atoms with E-state index in [2.05, 4.69) is 33.5 Å². The van der Waals surface area contributed by atoms with E-state index in [0.29, 0.717) is 5.69 Å². The number of nitro benzene ring substituents is 1. The number of aromatic nitrogens is 2. The van der Waals surface area contributed by atoms with Crippen molar-refractivity contribution in [2.45, 2.75) is 0 Å². The highest BCUT2D eigenvalue weighted by Gasteiger charge is 2.19. The first-order chi connectivity index (χ1) is 13.7.